The highest BCUT2D eigenvalue weighted by molar-refractivity contribution is 6.42. The molecule has 0 atom stereocenters. The molecule has 0 spiro atoms. The second-order valence-electron chi connectivity index (χ2n) is 2.82. The van der Waals surface area contributed by atoms with Crippen LogP contribution in [0.2, 0.25) is 10.0 Å². The van der Waals surface area contributed by atoms with Gasteiger partial charge in [-0.2, -0.15) is 0 Å². The lowest BCUT2D eigenvalue weighted by atomic mass is 10.1. The molecule has 0 unspecified atom stereocenters. The van der Waals surface area contributed by atoms with E-state index in [9.17, 15) is 4.79 Å². The Morgan fingerprint density at radius 2 is 2.07 bits per heavy atom. The standard InChI is InChI=1S/C9H10Cl2N2O/c10-7-3-1-6(5-8(7)11)2-4-9(14)13-12/h1,3,5H,2,4,12H2,(H,13,14). The average molecular weight is 233 g/mol. The number of rotatable bonds is 3. The topological polar surface area (TPSA) is 55.1 Å². The number of nitrogens with one attached hydrogen (secondary N) is 1. The van der Waals surface area contributed by atoms with E-state index >= 15 is 0 Å². The Bertz CT molecular complexity index is 342. The van der Waals surface area contributed by atoms with Gasteiger partial charge >= 0.3 is 0 Å². The van der Waals surface area contributed by atoms with Crippen molar-refractivity contribution in [3.05, 3.63) is 33.8 Å². The fourth-order valence-electron chi connectivity index (χ4n) is 1.03. The third kappa shape index (κ3) is 3.18. The number of aryl methyl sites for hydroxylation is 1. The van der Waals surface area contributed by atoms with Crippen LogP contribution in [0.4, 0.5) is 0 Å². The van der Waals surface area contributed by atoms with Gasteiger partial charge in [0.25, 0.3) is 0 Å². The summed E-state index contributed by atoms with van der Waals surface area (Å²) < 4.78 is 0. The van der Waals surface area contributed by atoms with Gasteiger partial charge in [-0.3, -0.25) is 10.2 Å². The Balaban J connectivity index is 2.60. The normalized spacial score (nSPS) is 9.93. The molecule has 1 rings (SSSR count). The van der Waals surface area contributed by atoms with Gasteiger partial charge in [0, 0.05) is 6.42 Å². The van der Waals surface area contributed by atoms with E-state index in [4.69, 9.17) is 29.0 Å². The minimum atomic E-state index is -0.198. The zero-order valence-corrected chi connectivity index (χ0v) is 8.90. The predicted molar refractivity (Wildman–Crippen MR) is 57.1 cm³/mol. The van der Waals surface area contributed by atoms with Crippen molar-refractivity contribution in [2.24, 2.45) is 5.84 Å². The third-order valence-corrected chi connectivity index (χ3v) is 2.52. The molecule has 0 aliphatic carbocycles. The van der Waals surface area contributed by atoms with Crippen LogP contribution in [0.1, 0.15) is 12.0 Å². The second kappa shape index (κ2) is 5.20. The summed E-state index contributed by atoms with van der Waals surface area (Å²) in [6.07, 6.45) is 0.939. The molecule has 1 aromatic carbocycles. The summed E-state index contributed by atoms with van der Waals surface area (Å²) >= 11 is 11.5. The van der Waals surface area contributed by atoms with Crippen molar-refractivity contribution in [1.82, 2.24) is 5.43 Å². The zero-order valence-electron chi connectivity index (χ0n) is 7.39. The number of nitrogens with two attached hydrogens (primary N) is 1. The van der Waals surface area contributed by atoms with E-state index in [0.29, 0.717) is 22.9 Å². The van der Waals surface area contributed by atoms with Crippen LogP contribution in [0.3, 0.4) is 0 Å². The molecule has 0 aliphatic heterocycles. The first kappa shape index (κ1) is 11.3. The molecule has 76 valence electrons. The van der Waals surface area contributed by atoms with Crippen LogP contribution in [0.15, 0.2) is 18.2 Å². The number of amides is 1. The van der Waals surface area contributed by atoms with Crippen molar-refractivity contribution in [2.75, 3.05) is 0 Å². The third-order valence-electron chi connectivity index (χ3n) is 1.79. The molecule has 5 heteroatoms. The molecule has 0 radical (unpaired) electrons. The van der Waals surface area contributed by atoms with Gasteiger partial charge in [-0.15, -0.1) is 0 Å². The van der Waals surface area contributed by atoms with Gasteiger partial charge in [0.05, 0.1) is 10.0 Å². The highest BCUT2D eigenvalue weighted by atomic mass is 35.5. The summed E-state index contributed by atoms with van der Waals surface area (Å²) in [6.45, 7) is 0. The minimum Gasteiger partial charge on any atom is -0.294 e. The van der Waals surface area contributed by atoms with Crippen LogP contribution in [-0.2, 0) is 11.2 Å². The minimum absolute atomic E-state index is 0.198. The molecular formula is C9H10Cl2N2O. The summed E-state index contributed by atoms with van der Waals surface area (Å²) in [5.41, 5.74) is 3.02. The van der Waals surface area contributed by atoms with Gasteiger partial charge in [-0.25, -0.2) is 5.84 Å². The van der Waals surface area contributed by atoms with E-state index in [2.05, 4.69) is 5.43 Å². The number of hydrogen-bond donors (Lipinski definition) is 2. The van der Waals surface area contributed by atoms with Crippen LogP contribution in [0.25, 0.3) is 0 Å². The number of carbonyl (C=O) groups excluding carboxylic acids is 1. The molecular weight excluding hydrogens is 223 g/mol. The first-order valence-electron chi connectivity index (χ1n) is 4.07. The van der Waals surface area contributed by atoms with Gasteiger partial charge in [-0.05, 0) is 24.1 Å². The molecule has 0 aromatic heterocycles. The highest BCUT2D eigenvalue weighted by Crippen LogP contribution is 2.22. The predicted octanol–water partition coefficient (Wildman–Crippen LogP) is 1.92. The molecule has 0 fully saturated rings. The Kier molecular flexibility index (Phi) is 4.20. The number of hydrogen-bond acceptors (Lipinski definition) is 2. The number of halogens is 2. The Labute approximate surface area is 92.2 Å². The maximum absolute atomic E-state index is 10.8. The summed E-state index contributed by atoms with van der Waals surface area (Å²) in [6, 6.07) is 5.28. The van der Waals surface area contributed by atoms with Crippen molar-refractivity contribution >= 4 is 29.1 Å². The fraction of sp³-hybridized carbons (Fsp3) is 0.222. The maximum Gasteiger partial charge on any atom is 0.234 e. The van der Waals surface area contributed by atoms with Gasteiger partial charge in [0.1, 0.15) is 0 Å². The van der Waals surface area contributed by atoms with E-state index in [1.807, 2.05) is 6.07 Å². The first-order chi connectivity index (χ1) is 6.63. The number of benzene rings is 1. The summed E-state index contributed by atoms with van der Waals surface area (Å²) in [7, 11) is 0. The SMILES string of the molecule is NNC(=O)CCc1ccc(Cl)c(Cl)c1. The lowest BCUT2D eigenvalue weighted by Crippen LogP contribution is -2.30. The Morgan fingerprint density at radius 1 is 1.36 bits per heavy atom. The fourth-order valence-corrected chi connectivity index (χ4v) is 1.35. The monoisotopic (exact) mass is 232 g/mol. The quantitative estimate of drug-likeness (QED) is 0.476. The molecule has 3 N–H and O–H groups in total. The molecule has 1 amide bonds. The summed E-state index contributed by atoms with van der Waals surface area (Å²) in [5.74, 6) is 4.75. The summed E-state index contributed by atoms with van der Waals surface area (Å²) in [4.78, 5) is 10.8. The van der Waals surface area contributed by atoms with Crippen LogP contribution < -0.4 is 11.3 Å². The van der Waals surface area contributed by atoms with Gasteiger partial charge in [-0.1, -0.05) is 29.3 Å². The molecule has 0 bridgehead atoms. The molecule has 0 saturated carbocycles. The van der Waals surface area contributed by atoms with E-state index < -0.39 is 0 Å². The van der Waals surface area contributed by atoms with Crippen LogP contribution in [0.5, 0.6) is 0 Å². The molecule has 0 heterocycles. The highest BCUT2D eigenvalue weighted by Gasteiger charge is 2.02. The molecule has 1 aromatic rings. The smallest absolute Gasteiger partial charge is 0.234 e. The van der Waals surface area contributed by atoms with Crippen molar-refractivity contribution in [3.63, 3.8) is 0 Å². The van der Waals surface area contributed by atoms with E-state index in [0.717, 1.165) is 5.56 Å². The van der Waals surface area contributed by atoms with E-state index in [1.54, 1.807) is 12.1 Å². The largest absolute Gasteiger partial charge is 0.294 e. The zero-order chi connectivity index (χ0) is 10.6. The average Bonchev–Trinajstić information content (AvgIpc) is 2.19. The van der Waals surface area contributed by atoms with Crippen molar-refractivity contribution < 1.29 is 4.79 Å². The lowest BCUT2D eigenvalue weighted by molar-refractivity contribution is -0.121. The van der Waals surface area contributed by atoms with Crippen molar-refractivity contribution in [1.29, 1.82) is 0 Å². The van der Waals surface area contributed by atoms with Crippen LogP contribution in [0, 0.1) is 0 Å². The molecule has 0 saturated heterocycles. The number of hydrazine groups is 1. The summed E-state index contributed by atoms with van der Waals surface area (Å²) in [5, 5.41) is 1.01. The van der Waals surface area contributed by atoms with Gasteiger partial charge in [0.15, 0.2) is 0 Å². The van der Waals surface area contributed by atoms with E-state index in [1.165, 1.54) is 0 Å². The molecule has 14 heavy (non-hydrogen) atoms. The van der Waals surface area contributed by atoms with Crippen LogP contribution in [-0.4, -0.2) is 5.91 Å². The van der Waals surface area contributed by atoms with Crippen molar-refractivity contribution in [3.8, 4) is 0 Å². The number of carbonyl (C=O) groups is 1. The Morgan fingerprint density at radius 3 is 2.64 bits per heavy atom. The molecule has 0 aliphatic rings. The van der Waals surface area contributed by atoms with Crippen LogP contribution >= 0.6 is 23.2 Å². The first-order valence-corrected chi connectivity index (χ1v) is 4.82. The van der Waals surface area contributed by atoms with Crippen molar-refractivity contribution in [2.45, 2.75) is 12.8 Å². The van der Waals surface area contributed by atoms with E-state index in [-0.39, 0.29) is 5.91 Å². The lowest BCUT2D eigenvalue weighted by Gasteiger charge is -2.02. The Hall–Kier alpha value is -0.770. The second-order valence-corrected chi connectivity index (χ2v) is 3.63. The maximum atomic E-state index is 10.8. The molecule has 3 nitrogen and oxygen atoms in total. The van der Waals surface area contributed by atoms with Gasteiger partial charge in [0.2, 0.25) is 5.91 Å². The van der Waals surface area contributed by atoms with Gasteiger partial charge < -0.3 is 0 Å².